The lowest BCUT2D eigenvalue weighted by molar-refractivity contribution is -0.142. The number of nitrogens with one attached hydrogen (secondary N) is 1. The van der Waals surface area contributed by atoms with E-state index >= 15 is 0 Å². The van der Waals surface area contributed by atoms with E-state index in [2.05, 4.69) is 5.32 Å². The van der Waals surface area contributed by atoms with Gasteiger partial charge in [-0.15, -0.1) is 0 Å². The highest BCUT2D eigenvalue weighted by Gasteiger charge is 2.31. The lowest BCUT2D eigenvalue weighted by atomic mass is 10.0. The maximum absolute atomic E-state index is 13.8. The Kier molecular flexibility index (Phi) is 10.6. The van der Waals surface area contributed by atoms with E-state index in [1.165, 1.54) is 0 Å². The number of amides is 2. The number of carbonyl (C=O) groups is 2. The van der Waals surface area contributed by atoms with Crippen molar-refractivity contribution in [1.29, 1.82) is 0 Å². The van der Waals surface area contributed by atoms with Crippen molar-refractivity contribution in [3.05, 3.63) is 125 Å². The van der Waals surface area contributed by atoms with Gasteiger partial charge in [0.2, 0.25) is 5.91 Å². The summed E-state index contributed by atoms with van der Waals surface area (Å²) in [6.45, 7) is 0.216. The van der Waals surface area contributed by atoms with Crippen LogP contribution < -0.4 is 19.5 Å². The second-order valence-corrected chi connectivity index (χ2v) is 9.77. The molecule has 41 heavy (non-hydrogen) atoms. The van der Waals surface area contributed by atoms with Gasteiger partial charge in [-0.1, -0.05) is 78.3 Å². The molecule has 212 valence electrons. The molecule has 0 spiro atoms. The van der Waals surface area contributed by atoms with E-state index in [-0.39, 0.29) is 25.0 Å². The first kappa shape index (κ1) is 29.5. The Labute approximate surface area is 245 Å². The standard InChI is InChI=1S/C33H33ClN2O5/c1-39-27-16-12-25(13-17-27)21-35-33(38)30(20-24-8-4-3-5-9-24)36(22-26-14-18-28(40-2)19-15-26)32(37)23-41-31-11-7-6-10-29(31)34/h3-19,30H,20-23H2,1-2H3,(H,35,38)/t30-/m1/s1. The maximum Gasteiger partial charge on any atom is 0.261 e. The van der Waals surface area contributed by atoms with Crippen LogP contribution in [0.25, 0.3) is 0 Å². The van der Waals surface area contributed by atoms with Crippen LogP contribution in [-0.4, -0.2) is 43.6 Å². The highest BCUT2D eigenvalue weighted by atomic mass is 35.5. The van der Waals surface area contributed by atoms with Gasteiger partial charge in [0, 0.05) is 19.5 Å². The molecule has 0 radical (unpaired) electrons. The highest BCUT2D eigenvalue weighted by molar-refractivity contribution is 6.32. The molecule has 0 unspecified atom stereocenters. The number of ether oxygens (including phenoxy) is 3. The van der Waals surface area contributed by atoms with Crippen LogP contribution in [0.3, 0.4) is 0 Å². The molecule has 4 rings (SSSR count). The summed E-state index contributed by atoms with van der Waals surface area (Å²) in [5, 5.41) is 3.43. The molecule has 0 saturated heterocycles. The van der Waals surface area contributed by atoms with Crippen LogP contribution in [0, 0.1) is 0 Å². The summed E-state index contributed by atoms with van der Waals surface area (Å²) in [7, 11) is 3.20. The number of benzene rings is 4. The number of rotatable bonds is 13. The monoisotopic (exact) mass is 572 g/mol. The molecule has 1 atom stereocenters. The molecule has 0 bridgehead atoms. The van der Waals surface area contributed by atoms with E-state index in [1.807, 2.05) is 78.9 Å². The average Bonchev–Trinajstić information content (AvgIpc) is 3.02. The van der Waals surface area contributed by atoms with Crippen LogP contribution in [0.2, 0.25) is 5.02 Å². The molecule has 0 aromatic heterocycles. The second-order valence-electron chi connectivity index (χ2n) is 9.36. The van der Waals surface area contributed by atoms with Crippen molar-refractivity contribution in [1.82, 2.24) is 10.2 Å². The van der Waals surface area contributed by atoms with E-state index < -0.39 is 6.04 Å². The Hall–Kier alpha value is -4.49. The summed E-state index contributed by atoms with van der Waals surface area (Å²) in [6.07, 6.45) is 0.323. The zero-order valence-corrected chi connectivity index (χ0v) is 23.8. The number of halogens is 1. The minimum Gasteiger partial charge on any atom is -0.497 e. The van der Waals surface area contributed by atoms with E-state index in [0.717, 1.165) is 22.4 Å². The predicted molar refractivity (Wildman–Crippen MR) is 159 cm³/mol. The van der Waals surface area contributed by atoms with Gasteiger partial charge in [0.25, 0.3) is 5.91 Å². The van der Waals surface area contributed by atoms with Gasteiger partial charge in [-0.3, -0.25) is 9.59 Å². The molecular weight excluding hydrogens is 540 g/mol. The fourth-order valence-corrected chi connectivity index (χ4v) is 4.51. The number of nitrogens with zero attached hydrogens (tertiary/aromatic N) is 1. The van der Waals surface area contributed by atoms with Gasteiger partial charge in [-0.2, -0.15) is 0 Å². The van der Waals surface area contributed by atoms with E-state index in [9.17, 15) is 9.59 Å². The number of para-hydroxylation sites is 1. The third-order valence-corrected chi connectivity index (χ3v) is 6.91. The van der Waals surface area contributed by atoms with Gasteiger partial charge in [0.15, 0.2) is 6.61 Å². The number of carbonyl (C=O) groups excluding carboxylic acids is 2. The Balaban J connectivity index is 1.61. The van der Waals surface area contributed by atoms with Crippen molar-refractivity contribution in [3.63, 3.8) is 0 Å². The molecule has 0 fully saturated rings. The van der Waals surface area contributed by atoms with E-state index in [1.54, 1.807) is 43.4 Å². The quantitative estimate of drug-likeness (QED) is 0.223. The zero-order chi connectivity index (χ0) is 29.0. The third kappa shape index (κ3) is 8.50. The summed E-state index contributed by atoms with van der Waals surface area (Å²) >= 11 is 6.25. The van der Waals surface area contributed by atoms with Crippen LogP contribution in [0.15, 0.2) is 103 Å². The third-order valence-electron chi connectivity index (χ3n) is 6.60. The lowest BCUT2D eigenvalue weighted by Crippen LogP contribution is -2.51. The van der Waals surface area contributed by atoms with E-state index in [4.69, 9.17) is 25.8 Å². The molecular formula is C33H33ClN2O5. The summed E-state index contributed by atoms with van der Waals surface area (Å²) in [6, 6.07) is 30.7. The van der Waals surface area contributed by atoms with Crippen LogP contribution in [0.5, 0.6) is 17.2 Å². The molecule has 8 heteroatoms. The molecule has 7 nitrogen and oxygen atoms in total. The smallest absolute Gasteiger partial charge is 0.261 e. The number of hydrogen-bond acceptors (Lipinski definition) is 5. The highest BCUT2D eigenvalue weighted by Crippen LogP contribution is 2.24. The molecule has 2 amide bonds. The summed E-state index contributed by atoms with van der Waals surface area (Å²) < 4.78 is 16.3. The van der Waals surface area contributed by atoms with Crippen LogP contribution in [0.4, 0.5) is 0 Å². The van der Waals surface area contributed by atoms with E-state index in [0.29, 0.717) is 29.5 Å². The lowest BCUT2D eigenvalue weighted by Gasteiger charge is -2.31. The summed E-state index contributed by atoms with van der Waals surface area (Å²) in [4.78, 5) is 29.1. The van der Waals surface area contributed by atoms with Crippen molar-refractivity contribution in [2.24, 2.45) is 0 Å². The topological polar surface area (TPSA) is 77.1 Å². The van der Waals surface area contributed by atoms with Gasteiger partial charge in [-0.05, 0) is 53.1 Å². The van der Waals surface area contributed by atoms with Crippen molar-refractivity contribution in [2.75, 3.05) is 20.8 Å². The fraction of sp³-hybridized carbons (Fsp3) is 0.212. The largest absolute Gasteiger partial charge is 0.497 e. The van der Waals surface area contributed by atoms with Gasteiger partial charge in [0.1, 0.15) is 23.3 Å². The summed E-state index contributed by atoms with van der Waals surface area (Å²) in [5.41, 5.74) is 2.68. The molecule has 4 aromatic rings. The van der Waals surface area contributed by atoms with Crippen LogP contribution in [-0.2, 0) is 29.1 Å². The number of methoxy groups -OCH3 is 2. The zero-order valence-electron chi connectivity index (χ0n) is 23.1. The average molecular weight is 573 g/mol. The molecule has 0 aliphatic rings. The first-order valence-corrected chi connectivity index (χ1v) is 13.6. The molecule has 1 N–H and O–H groups in total. The molecule has 0 saturated carbocycles. The molecule has 0 aliphatic heterocycles. The summed E-state index contributed by atoms with van der Waals surface area (Å²) in [5.74, 6) is 1.21. The van der Waals surface area contributed by atoms with Crippen molar-refractivity contribution in [3.8, 4) is 17.2 Å². The van der Waals surface area contributed by atoms with Gasteiger partial charge >= 0.3 is 0 Å². The normalized spacial score (nSPS) is 11.3. The Morgan fingerprint density at radius 2 is 1.34 bits per heavy atom. The predicted octanol–water partition coefficient (Wildman–Crippen LogP) is 5.69. The van der Waals surface area contributed by atoms with Crippen LogP contribution >= 0.6 is 11.6 Å². The van der Waals surface area contributed by atoms with Crippen molar-refractivity contribution >= 4 is 23.4 Å². The Morgan fingerprint density at radius 3 is 1.95 bits per heavy atom. The first-order valence-electron chi connectivity index (χ1n) is 13.2. The number of hydrogen-bond donors (Lipinski definition) is 1. The minimum absolute atomic E-state index is 0.197. The molecule has 0 aliphatic carbocycles. The van der Waals surface area contributed by atoms with Crippen molar-refractivity contribution < 1.29 is 23.8 Å². The first-order chi connectivity index (χ1) is 20.0. The SMILES string of the molecule is COc1ccc(CNC(=O)[C@@H](Cc2ccccc2)N(Cc2ccc(OC)cc2)C(=O)COc2ccccc2Cl)cc1. The fourth-order valence-electron chi connectivity index (χ4n) is 4.32. The van der Waals surface area contributed by atoms with Crippen molar-refractivity contribution in [2.45, 2.75) is 25.6 Å². The van der Waals surface area contributed by atoms with Gasteiger partial charge in [0.05, 0.1) is 19.2 Å². The van der Waals surface area contributed by atoms with Crippen LogP contribution in [0.1, 0.15) is 16.7 Å². The van der Waals surface area contributed by atoms with Gasteiger partial charge in [-0.25, -0.2) is 0 Å². The maximum atomic E-state index is 13.8. The van der Waals surface area contributed by atoms with Gasteiger partial charge < -0.3 is 24.4 Å². The Bertz CT molecular complexity index is 1410. The molecule has 0 heterocycles. The second kappa shape index (κ2) is 14.8. The Morgan fingerprint density at radius 1 is 0.756 bits per heavy atom. The molecule has 4 aromatic carbocycles. The minimum atomic E-state index is -0.805.